The van der Waals surface area contributed by atoms with Crippen molar-refractivity contribution in [2.75, 3.05) is 19.3 Å². The van der Waals surface area contributed by atoms with Gasteiger partial charge in [0, 0.05) is 30.6 Å². The number of aromatic nitrogens is 2. The number of amides is 3. The van der Waals surface area contributed by atoms with Crippen molar-refractivity contribution in [3.63, 3.8) is 0 Å². The SMILES string of the molecule is Cc1cc(C(=O)N[C@H](C(=O)NC(Cc2ccccc2)C(O)CN2C[C@H]3CCCC[C@H]3CC2C(=O)NC(C)(C)C)C(C)(C)S(C)(=O)=O)nn1C(C)(C)C. The lowest BCUT2D eigenvalue weighted by molar-refractivity contribution is -0.133. The van der Waals surface area contributed by atoms with Crippen LogP contribution in [0.2, 0.25) is 0 Å². The van der Waals surface area contributed by atoms with Crippen molar-refractivity contribution in [3.05, 3.63) is 53.3 Å². The Morgan fingerprint density at radius 2 is 1.58 bits per heavy atom. The maximum atomic E-state index is 14.3. The van der Waals surface area contributed by atoms with Gasteiger partial charge in [-0.2, -0.15) is 5.10 Å². The fourth-order valence-corrected chi connectivity index (χ4v) is 8.24. The van der Waals surface area contributed by atoms with E-state index in [9.17, 15) is 27.9 Å². The Hall–Kier alpha value is -3.29. The van der Waals surface area contributed by atoms with Gasteiger partial charge < -0.3 is 21.1 Å². The number of carbonyl (C=O) groups is 3. The quantitative estimate of drug-likeness (QED) is 0.256. The second-order valence-electron chi connectivity index (χ2n) is 17.7. The van der Waals surface area contributed by atoms with Gasteiger partial charge in [0.2, 0.25) is 11.8 Å². The number of piperidine rings is 1. The Balaban J connectivity index is 1.65. The zero-order chi connectivity index (χ0) is 38.8. The summed E-state index contributed by atoms with van der Waals surface area (Å²) in [6.07, 6.45) is 5.31. The van der Waals surface area contributed by atoms with Crippen LogP contribution >= 0.6 is 0 Å². The molecule has 2 aliphatic rings. The van der Waals surface area contributed by atoms with Gasteiger partial charge in [-0.15, -0.1) is 0 Å². The third-order valence-electron chi connectivity index (χ3n) is 10.8. The van der Waals surface area contributed by atoms with Crippen molar-refractivity contribution in [3.8, 4) is 0 Å². The Labute approximate surface area is 310 Å². The average Bonchev–Trinajstić information content (AvgIpc) is 3.44. The smallest absolute Gasteiger partial charge is 0.272 e. The predicted octanol–water partition coefficient (Wildman–Crippen LogP) is 3.75. The molecule has 52 heavy (non-hydrogen) atoms. The number of likely N-dealkylation sites (tertiary alicyclic amines) is 1. The summed E-state index contributed by atoms with van der Waals surface area (Å²) >= 11 is 0. The first kappa shape index (κ1) is 41.5. The molecule has 13 heteroatoms. The van der Waals surface area contributed by atoms with Crippen molar-refractivity contribution in [1.82, 2.24) is 30.6 Å². The zero-order valence-electron chi connectivity index (χ0n) is 32.8. The van der Waals surface area contributed by atoms with E-state index in [2.05, 4.69) is 25.9 Å². The second kappa shape index (κ2) is 16.0. The normalized spacial score (nSPS) is 22.1. The molecule has 2 fully saturated rings. The molecule has 1 aromatic carbocycles. The van der Waals surface area contributed by atoms with Crippen LogP contribution in [0.5, 0.6) is 0 Å². The molecule has 4 N–H and O–H groups in total. The number of nitrogens with zero attached hydrogens (tertiary/aromatic N) is 3. The summed E-state index contributed by atoms with van der Waals surface area (Å²) in [5, 5.41) is 25.2. The first-order chi connectivity index (χ1) is 24.0. The van der Waals surface area contributed by atoms with Crippen LogP contribution in [0.1, 0.15) is 109 Å². The van der Waals surface area contributed by atoms with Crippen LogP contribution in [0.25, 0.3) is 0 Å². The molecule has 290 valence electrons. The van der Waals surface area contributed by atoms with E-state index in [4.69, 9.17) is 0 Å². The van der Waals surface area contributed by atoms with Crippen molar-refractivity contribution in [2.45, 2.75) is 141 Å². The molecule has 1 saturated heterocycles. The highest BCUT2D eigenvalue weighted by atomic mass is 32.2. The lowest BCUT2D eigenvalue weighted by Crippen LogP contribution is -2.64. The molecule has 6 atom stereocenters. The molecule has 0 bridgehead atoms. The molecular formula is C39H62N6O6S. The molecule has 12 nitrogen and oxygen atoms in total. The number of hydrogen-bond donors (Lipinski definition) is 4. The number of sulfone groups is 1. The molecule has 0 spiro atoms. The number of fused-ring (bicyclic) bond motifs is 1. The molecule has 1 saturated carbocycles. The summed E-state index contributed by atoms with van der Waals surface area (Å²) < 4.78 is 26.3. The summed E-state index contributed by atoms with van der Waals surface area (Å²) in [6.45, 7) is 17.1. The number of carbonyl (C=O) groups excluding carboxylic acids is 3. The molecule has 3 amide bonds. The minimum atomic E-state index is -3.90. The predicted molar refractivity (Wildman–Crippen MR) is 204 cm³/mol. The van der Waals surface area contributed by atoms with Crippen LogP contribution in [-0.2, 0) is 31.4 Å². The van der Waals surface area contributed by atoms with Crippen molar-refractivity contribution in [2.24, 2.45) is 11.8 Å². The van der Waals surface area contributed by atoms with Crippen molar-refractivity contribution in [1.29, 1.82) is 0 Å². The van der Waals surface area contributed by atoms with Gasteiger partial charge >= 0.3 is 0 Å². The minimum absolute atomic E-state index is 0.0566. The standard InChI is InChI=1S/C39H62N6O6S/c1-25-20-30(43-45(25)38(5,6)7)34(47)41-33(39(8,9)52(10,50)51)36(49)40-29(21-26-16-12-11-13-17-26)32(46)24-44-23-28-19-15-14-18-27(28)22-31(44)35(48)42-37(2,3)4/h11-13,16-17,20,27-29,31-33,46H,14-15,18-19,21-24H2,1-10H3,(H,40,49)(H,41,47)(H,42,48)/t27-,28+,29?,31?,32?,33+/m0/s1. The third-order valence-corrected chi connectivity index (χ3v) is 12.9. The van der Waals surface area contributed by atoms with Crippen molar-refractivity contribution >= 4 is 27.6 Å². The molecule has 2 aromatic rings. The third kappa shape index (κ3) is 10.2. The van der Waals surface area contributed by atoms with Crippen LogP contribution in [0, 0.1) is 18.8 Å². The van der Waals surface area contributed by atoms with Crippen molar-refractivity contribution < 1.29 is 27.9 Å². The van der Waals surface area contributed by atoms with Gasteiger partial charge in [0.05, 0.1) is 28.5 Å². The number of hydrogen-bond acceptors (Lipinski definition) is 8. The Morgan fingerprint density at radius 3 is 2.13 bits per heavy atom. The van der Waals surface area contributed by atoms with Gasteiger partial charge in [0.1, 0.15) is 11.7 Å². The number of aryl methyl sites for hydroxylation is 1. The van der Waals surface area contributed by atoms with Gasteiger partial charge in [-0.1, -0.05) is 49.6 Å². The number of aliphatic hydroxyl groups excluding tert-OH is 1. The lowest BCUT2D eigenvalue weighted by atomic mass is 9.72. The maximum Gasteiger partial charge on any atom is 0.272 e. The van der Waals surface area contributed by atoms with Crippen LogP contribution in [-0.4, -0.2) is 99.8 Å². The van der Waals surface area contributed by atoms with E-state index >= 15 is 0 Å². The molecule has 4 rings (SSSR count). The highest BCUT2D eigenvalue weighted by Gasteiger charge is 2.46. The number of benzene rings is 1. The fraction of sp³-hybridized carbons (Fsp3) is 0.692. The van der Waals surface area contributed by atoms with Gasteiger partial charge in [0.15, 0.2) is 9.84 Å². The van der Waals surface area contributed by atoms with Gasteiger partial charge in [0.25, 0.3) is 5.91 Å². The Kier molecular flexibility index (Phi) is 12.7. The maximum absolute atomic E-state index is 14.3. The topological polar surface area (TPSA) is 163 Å². The number of aliphatic hydroxyl groups is 1. The monoisotopic (exact) mass is 742 g/mol. The van der Waals surface area contributed by atoms with E-state index in [-0.39, 0.29) is 24.6 Å². The number of β-amino-alcohol motifs (C(OH)–C–C–N with tert-alkyl or cyclic N) is 1. The first-order valence-electron chi connectivity index (χ1n) is 18.6. The molecule has 0 radical (unpaired) electrons. The second-order valence-corrected chi connectivity index (χ2v) is 20.3. The highest BCUT2D eigenvalue weighted by molar-refractivity contribution is 7.92. The molecular weight excluding hydrogens is 681 g/mol. The van der Waals surface area contributed by atoms with E-state index in [1.54, 1.807) is 10.7 Å². The number of nitrogens with one attached hydrogen (secondary N) is 3. The van der Waals surface area contributed by atoms with Crippen LogP contribution in [0.15, 0.2) is 36.4 Å². The molecule has 1 aliphatic carbocycles. The summed E-state index contributed by atoms with van der Waals surface area (Å²) in [7, 11) is -3.90. The van der Waals surface area contributed by atoms with E-state index in [0.29, 0.717) is 24.8 Å². The summed E-state index contributed by atoms with van der Waals surface area (Å²) in [5.41, 5.74) is 0.806. The molecule has 3 unspecified atom stereocenters. The molecule has 1 aromatic heterocycles. The van der Waals surface area contributed by atoms with Crippen LogP contribution in [0.3, 0.4) is 0 Å². The largest absolute Gasteiger partial charge is 0.390 e. The lowest BCUT2D eigenvalue weighted by Gasteiger charge is -2.47. The van der Waals surface area contributed by atoms with E-state index in [0.717, 1.165) is 43.2 Å². The minimum Gasteiger partial charge on any atom is -0.390 e. The average molecular weight is 743 g/mol. The molecule has 1 aliphatic heterocycles. The Bertz CT molecular complexity index is 1680. The van der Waals surface area contributed by atoms with E-state index in [1.165, 1.54) is 13.8 Å². The number of rotatable bonds is 12. The summed E-state index contributed by atoms with van der Waals surface area (Å²) in [5.74, 6) is -0.648. The van der Waals surface area contributed by atoms with Crippen LogP contribution < -0.4 is 16.0 Å². The molecule has 2 heterocycles. The van der Waals surface area contributed by atoms with E-state index in [1.807, 2.05) is 78.8 Å². The fourth-order valence-electron chi connectivity index (χ4n) is 7.65. The first-order valence-corrected chi connectivity index (χ1v) is 20.5. The van der Waals surface area contributed by atoms with Gasteiger partial charge in [-0.05, 0) is 105 Å². The zero-order valence-corrected chi connectivity index (χ0v) is 33.6. The van der Waals surface area contributed by atoms with Gasteiger partial charge in [-0.25, -0.2) is 8.42 Å². The van der Waals surface area contributed by atoms with Gasteiger partial charge in [-0.3, -0.25) is 24.0 Å². The summed E-state index contributed by atoms with van der Waals surface area (Å²) in [6, 6.07) is 8.18. The highest BCUT2D eigenvalue weighted by Crippen LogP contribution is 2.39. The Morgan fingerprint density at radius 1 is 0.962 bits per heavy atom. The van der Waals surface area contributed by atoms with E-state index < -0.39 is 61.7 Å². The summed E-state index contributed by atoms with van der Waals surface area (Å²) in [4.78, 5) is 43.8. The van der Waals surface area contributed by atoms with Crippen LogP contribution in [0.4, 0.5) is 0 Å².